The zero-order valence-electron chi connectivity index (χ0n) is 12.2. The molecule has 0 amide bonds. The van der Waals surface area contributed by atoms with Crippen molar-refractivity contribution in [3.05, 3.63) is 12.1 Å². The maximum atomic E-state index is 12.7. The monoisotopic (exact) mass is 506 g/mol. The summed E-state index contributed by atoms with van der Waals surface area (Å²) in [5, 5.41) is 0. The maximum absolute atomic E-state index is 12.7. The van der Waals surface area contributed by atoms with Crippen LogP contribution < -0.4 is 0 Å². The van der Waals surface area contributed by atoms with E-state index in [1.807, 2.05) is 0 Å². The van der Waals surface area contributed by atoms with Crippen molar-refractivity contribution in [1.82, 2.24) is 0 Å². The zero-order valence-corrected chi connectivity index (χ0v) is 15.5. The molecule has 0 N–H and O–H groups in total. The number of thiol groups is 1. The first-order chi connectivity index (χ1) is 12.0. The second-order valence-electron chi connectivity index (χ2n) is 4.62. The third kappa shape index (κ3) is 3.92. The van der Waals surface area contributed by atoms with E-state index >= 15 is 0 Å². The van der Waals surface area contributed by atoms with Gasteiger partial charge in [0.25, 0.3) is 29.5 Å². The van der Waals surface area contributed by atoms with Crippen LogP contribution in [0.3, 0.4) is 0 Å². The van der Waals surface area contributed by atoms with Crippen molar-refractivity contribution >= 4 is 42.1 Å². The highest BCUT2D eigenvalue weighted by molar-refractivity contribution is 7.95. The molecule has 0 fully saturated rings. The molecule has 0 saturated heterocycles. The summed E-state index contributed by atoms with van der Waals surface area (Å²) in [5.41, 5.74) is -19.0. The van der Waals surface area contributed by atoms with E-state index in [1.54, 1.807) is 0 Å². The first kappa shape index (κ1) is 24.8. The van der Waals surface area contributed by atoms with E-state index in [0.29, 0.717) is 0 Å². The van der Waals surface area contributed by atoms with Crippen molar-refractivity contribution in [3.8, 4) is 0 Å². The number of alkyl halides is 9. The molecule has 0 bridgehead atoms. The Bertz CT molecular complexity index is 1040. The van der Waals surface area contributed by atoms with Crippen LogP contribution in [-0.2, 0) is 29.5 Å². The van der Waals surface area contributed by atoms with Gasteiger partial charge in [0.15, 0.2) is 0 Å². The molecule has 1 aromatic rings. The highest BCUT2D eigenvalue weighted by atomic mass is 32.2. The first-order valence-corrected chi connectivity index (χ1v) is 10.7. The molecule has 1 rings (SSSR count). The molecule has 0 aliphatic carbocycles. The Morgan fingerprint density at radius 2 is 0.821 bits per heavy atom. The SMILES string of the molecule is O=S(=O)(c1cc(S(=O)(=O)C(F)(F)F)c(S)c(S(=O)(=O)C(F)(F)F)c1)C(F)(F)F. The Hall–Kier alpha value is -1.21. The second-order valence-corrected chi connectivity index (χ2v) is 10.8. The van der Waals surface area contributed by atoms with Gasteiger partial charge in [-0.05, 0) is 12.1 Å². The van der Waals surface area contributed by atoms with Gasteiger partial charge in [-0.25, -0.2) is 25.3 Å². The van der Waals surface area contributed by atoms with E-state index in [2.05, 4.69) is 12.6 Å². The third-order valence-corrected chi connectivity index (χ3v) is 8.09. The minimum Gasteiger partial charge on any atom is -0.214 e. The van der Waals surface area contributed by atoms with Crippen molar-refractivity contribution in [3.63, 3.8) is 0 Å². The summed E-state index contributed by atoms with van der Waals surface area (Å²) >= 11 is 2.94. The number of halogens is 9. The van der Waals surface area contributed by atoms with Gasteiger partial charge in [0.2, 0.25) is 0 Å². The molecule has 6 nitrogen and oxygen atoms in total. The fourth-order valence-corrected chi connectivity index (χ4v) is 5.18. The number of hydrogen-bond acceptors (Lipinski definition) is 7. The molecular weight excluding hydrogens is 503 g/mol. The average Bonchev–Trinajstić information content (AvgIpc) is 2.42. The average molecular weight is 506 g/mol. The van der Waals surface area contributed by atoms with Crippen LogP contribution in [0, 0.1) is 0 Å². The summed E-state index contributed by atoms with van der Waals surface area (Å²) in [6, 6.07) is -1.58. The van der Waals surface area contributed by atoms with Gasteiger partial charge < -0.3 is 0 Å². The molecule has 0 atom stereocenters. The van der Waals surface area contributed by atoms with Crippen LogP contribution in [0.2, 0.25) is 0 Å². The summed E-state index contributed by atoms with van der Waals surface area (Å²) in [6.07, 6.45) is 0. The van der Waals surface area contributed by atoms with Crippen molar-refractivity contribution in [2.24, 2.45) is 0 Å². The molecular formula is C9H3F9O6S4. The van der Waals surface area contributed by atoms with Crippen molar-refractivity contribution in [2.75, 3.05) is 0 Å². The maximum Gasteiger partial charge on any atom is 0.501 e. The van der Waals surface area contributed by atoms with Crippen LogP contribution in [0.25, 0.3) is 0 Å². The van der Waals surface area contributed by atoms with Crippen LogP contribution in [0.15, 0.2) is 31.7 Å². The van der Waals surface area contributed by atoms with Crippen LogP contribution in [0.1, 0.15) is 0 Å². The molecule has 0 heterocycles. The Morgan fingerprint density at radius 1 is 0.571 bits per heavy atom. The van der Waals surface area contributed by atoms with Crippen LogP contribution in [-0.4, -0.2) is 41.8 Å². The molecule has 0 aromatic heterocycles. The summed E-state index contributed by atoms with van der Waals surface area (Å²) < 4.78 is 182. The van der Waals surface area contributed by atoms with Crippen molar-refractivity contribution in [1.29, 1.82) is 0 Å². The molecule has 0 unspecified atom stereocenters. The highest BCUT2D eigenvalue weighted by Crippen LogP contribution is 2.43. The summed E-state index contributed by atoms with van der Waals surface area (Å²) in [4.78, 5) is -9.62. The highest BCUT2D eigenvalue weighted by Gasteiger charge is 2.54. The number of sulfone groups is 3. The standard InChI is InChI=1S/C9H3F9O6S4/c10-7(11,12)26(19,20)3-1-4(27(21,22)8(13,14)15)6(25)5(2-3)28(23,24)9(16,17)18/h1-2,25H. The minimum absolute atomic E-state index is 0.788. The number of rotatable bonds is 3. The first-order valence-electron chi connectivity index (χ1n) is 5.80. The molecule has 0 aliphatic rings. The quantitative estimate of drug-likeness (QED) is 0.500. The molecule has 162 valence electrons. The largest absolute Gasteiger partial charge is 0.501 e. The van der Waals surface area contributed by atoms with Gasteiger partial charge >= 0.3 is 16.5 Å². The lowest BCUT2D eigenvalue weighted by Crippen LogP contribution is -2.29. The van der Waals surface area contributed by atoms with E-state index < -0.39 is 77.8 Å². The van der Waals surface area contributed by atoms with E-state index in [4.69, 9.17) is 0 Å². The Labute approximate surface area is 155 Å². The van der Waals surface area contributed by atoms with E-state index in [0.717, 1.165) is 0 Å². The topological polar surface area (TPSA) is 102 Å². The molecule has 1 aromatic carbocycles. The fraction of sp³-hybridized carbons (Fsp3) is 0.333. The van der Waals surface area contributed by atoms with Crippen molar-refractivity contribution < 1.29 is 64.8 Å². The molecule has 0 radical (unpaired) electrons. The molecule has 0 aliphatic heterocycles. The van der Waals surface area contributed by atoms with Gasteiger partial charge in [-0.3, -0.25) is 0 Å². The van der Waals surface area contributed by atoms with Crippen LogP contribution in [0.5, 0.6) is 0 Å². The Morgan fingerprint density at radius 3 is 1.04 bits per heavy atom. The number of hydrogen-bond donors (Lipinski definition) is 1. The predicted molar refractivity (Wildman–Crippen MR) is 73.4 cm³/mol. The van der Waals surface area contributed by atoms with Crippen molar-refractivity contribution in [2.45, 2.75) is 36.1 Å². The van der Waals surface area contributed by atoms with Gasteiger partial charge in [-0.2, -0.15) is 39.5 Å². The normalized spacial score (nSPS) is 14.9. The summed E-state index contributed by atoms with van der Waals surface area (Å²) in [7, 11) is -20.4. The Balaban J connectivity index is 4.25. The lowest BCUT2D eigenvalue weighted by atomic mass is 10.3. The second kappa shape index (κ2) is 6.66. The number of benzene rings is 1. The molecule has 28 heavy (non-hydrogen) atoms. The lowest BCUT2D eigenvalue weighted by molar-refractivity contribution is -0.0439. The van der Waals surface area contributed by atoms with Gasteiger partial charge in [0, 0.05) is 4.90 Å². The van der Waals surface area contributed by atoms with E-state index in [9.17, 15) is 64.8 Å². The third-order valence-electron chi connectivity index (χ3n) is 2.82. The molecule has 0 saturated carbocycles. The van der Waals surface area contributed by atoms with Gasteiger partial charge in [0.05, 0.1) is 14.7 Å². The molecule has 0 spiro atoms. The summed E-state index contributed by atoms with van der Waals surface area (Å²) in [5.74, 6) is 0. The van der Waals surface area contributed by atoms with Crippen LogP contribution in [0.4, 0.5) is 39.5 Å². The minimum atomic E-state index is -6.80. The smallest absolute Gasteiger partial charge is 0.214 e. The van der Waals surface area contributed by atoms with Gasteiger partial charge in [0.1, 0.15) is 0 Å². The Kier molecular flexibility index (Phi) is 5.90. The van der Waals surface area contributed by atoms with Gasteiger partial charge in [-0.15, -0.1) is 12.6 Å². The van der Waals surface area contributed by atoms with Crippen LogP contribution >= 0.6 is 12.6 Å². The summed E-state index contributed by atoms with van der Waals surface area (Å²) in [6.45, 7) is 0. The van der Waals surface area contributed by atoms with Gasteiger partial charge in [-0.1, -0.05) is 0 Å². The zero-order chi connectivity index (χ0) is 22.7. The fourth-order valence-electron chi connectivity index (χ4n) is 1.51. The lowest BCUT2D eigenvalue weighted by Gasteiger charge is -2.17. The van der Waals surface area contributed by atoms with E-state index in [-0.39, 0.29) is 0 Å². The molecule has 19 heteroatoms. The predicted octanol–water partition coefficient (Wildman–Crippen LogP) is 2.86. The van der Waals surface area contributed by atoms with E-state index in [1.165, 1.54) is 0 Å².